The van der Waals surface area contributed by atoms with Crippen molar-refractivity contribution in [2.45, 2.75) is 76.8 Å². The van der Waals surface area contributed by atoms with Crippen molar-refractivity contribution in [1.29, 1.82) is 0 Å². The molecule has 4 aliphatic rings. The van der Waals surface area contributed by atoms with Crippen LogP contribution in [0.5, 0.6) is 11.5 Å². The number of allylic oxidation sites excluding steroid dienone is 4. The number of rotatable bonds is 11. The summed E-state index contributed by atoms with van der Waals surface area (Å²) in [5.74, 6) is 1.21. The van der Waals surface area contributed by atoms with Gasteiger partial charge in [-0.1, -0.05) is 64.1 Å². The van der Waals surface area contributed by atoms with E-state index in [1.165, 1.54) is 5.56 Å². The Labute approximate surface area is 332 Å². The lowest BCUT2D eigenvalue weighted by atomic mass is 9.68. The summed E-state index contributed by atoms with van der Waals surface area (Å²) in [5.41, 5.74) is 12.5. The number of methoxy groups -OCH3 is 1. The van der Waals surface area contributed by atoms with E-state index in [0.717, 1.165) is 67.7 Å². The van der Waals surface area contributed by atoms with E-state index < -0.39 is 12.2 Å². The number of fused-ring (bicyclic) bond motifs is 6. The topological polar surface area (TPSA) is 163 Å². The fraction of sp³-hybridized carbons (Fsp3) is 0.362. The van der Waals surface area contributed by atoms with Crippen LogP contribution >= 0.6 is 0 Å². The van der Waals surface area contributed by atoms with E-state index in [4.69, 9.17) is 24.4 Å². The molecule has 0 bridgehead atoms. The highest BCUT2D eigenvalue weighted by atomic mass is 16.5. The van der Waals surface area contributed by atoms with Gasteiger partial charge in [-0.15, -0.1) is 0 Å². The molecular formula is C47H50O10. The smallest absolute Gasteiger partial charge is 0.193 e. The average molecular weight is 775 g/mol. The van der Waals surface area contributed by atoms with Gasteiger partial charge in [0, 0.05) is 40.2 Å². The van der Waals surface area contributed by atoms with Gasteiger partial charge < -0.3 is 39.7 Å². The molecule has 10 nitrogen and oxygen atoms in total. The molecule has 57 heavy (non-hydrogen) atoms. The Hall–Kier alpha value is -4.94. The lowest BCUT2D eigenvalue weighted by Gasteiger charge is -2.34. The summed E-state index contributed by atoms with van der Waals surface area (Å²) in [4.78, 5) is 26.7. The van der Waals surface area contributed by atoms with Crippen LogP contribution in [0.1, 0.15) is 92.9 Å². The summed E-state index contributed by atoms with van der Waals surface area (Å²) in [5, 5.41) is 46.4. The van der Waals surface area contributed by atoms with Crippen molar-refractivity contribution in [3.8, 4) is 11.5 Å². The summed E-state index contributed by atoms with van der Waals surface area (Å²) < 4.78 is 16.5. The van der Waals surface area contributed by atoms with Gasteiger partial charge in [-0.3, -0.25) is 9.59 Å². The standard InChI is InChI=1S/C24H26O5.C23H24O5/c1-24(2)20-10-17(29-13-16(26)11-25)5-7-19(20)23(27)22-18-6-4-14(12-28-3)8-15(18)9-21(22)24;1-23(2)19-9-16(28-12-15(26)11-25)4-6-18(19)22(27)21-17-5-3-13(10-24)7-14(17)8-20(21)23/h4-8,10,16,25-26H,9,11-13H2,1-3H3;3-7,9,15,24-26H,8,10-12H2,1-2H3/t16-;15-/m11/s1. The number of hydrogen-bond acceptors (Lipinski definition) is 10. The number of aliphatic hydroxyl groups is 5. The minimum absolute atomic E-state index is 0.00528. The summed E-state index contributed by atoms with van der Waals surface area (Å²) >= 11 is 0. The largest absolute Gasteiger partial charge is 0.491 e. The maximum atomic E-state index is 13.4. The van der Waals surface area contributed by atoms with E-state index in [1.54, 1.807) is 31.4 Å². The third-order valence-corrected chi connectivity index (χ3v) is 11.8. The van der Waals surface area contributed by atoms with Crippen LogP contribution in [-0.4, -0.2) is 82.8 Å². The van der Waals surface area contributed by atoms with E-state index in [1.807, 2.05) is 42.5 Å². The molecule has 2 atom stereocenters. The van der Waals surface area contributed by atoms with Gasteiger partial charge in [-0.25, -0.2) is 0 Å². The van der Waals surface area contributed by atoms with E-state index in [0.29, 0.717) is 35.7 Å². The molecule has 0 saturated heterocycles. The minimum atomic E-state index is -0.940. The Bertz CT molecular complexity index is 2310. The van der Waals surface area contributed by atoms with Crippen LogP contribution in [0.25, 0.3) is 11.1 Å². The highest BCUT2D eigenvalue weighted by Crippen LogP contribution is 2.52. The highest BCUT2D eigenvalue weighted by Gasteiger charge is 2.44. The fourth-order valence-electron chi connectivity index (χ4n) is 8.64. The molecule has 0 heterocycles. The number of carbonyl (C=O) groups is 2. The number of benzene rings is 4. The first kappa shape index (κ1) is 40.3. The quantitative estimate of drug-likeness (QED) is 0.133. The van der Waals surface area contributed by atoms with Crippen molar-refractivity contribution < 1.29 is 49.3 Å². The number of Topliss-reactive ketones (excluding diaryl/α,β-unsaturated/α-hetero) is 2. The molecule has 8 rings (SSSR count). The molecular weight excluding hydrogens is 725 g/mol. The number of ether oxygens (including phenoxy) is 3. The van der Waals surface area contributed by atoms with E-state index >= 15 is 0 Å². The Balaban J connectivity index is 0.000000174. The van der Waals surface area contributed by atoms with Crippen LogP contribution in [0, 0.1) is 0 Å². The maximum absolute atomic E-state index is 13.4. The molecule has 0 unspecified atom stereocenters. The van der Waals surface area contributed by atoms with Crippen LogP contribution < -0.4 is 9.47 Å². The van der Waals surface area contributed by atoms with Gasteiger partial charge in [0.15, 0.2) is 11.6 Å². The first-order chi connectivity index (χ1) is 27.2. The van der Waals surface area contributed by atoms with Gasteiger partial charge in [-0.05, 0) is 105 Å². The molecule has 0 aromatic heterocycles. The Morgan fingerprint density at radius 2 is 1.02 bits per heavy atom. The molecule has 10 heteroatoms. The first-order valence-electron chi connectivity index (χ1n) is 19.3. The van der Waals surface area contributed by atoms with Crippen LogP contribution in [0.3, 0.4) is 0 Å². The van der Waals surface area contributed by atoms with Gasteiger partial charge >= 0.3 is 0 Å². The van der Waals surface area contributed by atoms with Crippen LogP contribution in [0.4, 0.5) is 0 Å². The maximum Gasteiger partial charge on any atom is 0.193 e. The number of aliphatic hydroxyl groups excluding tert-OH is 5. The minimum Gasteiger partial charge on any atom is -0.491 e. The molecule has 0 spiro atoms. The monoisotopic (exact) mass is 774 g/mol. The molecule has 298 valence electrons. The second-order valence-corrected chi connectivity index (χ2v) is 16.3. The second kappa shape index (κ2) is 15.8. The van der Waals surface area contributed by atoms with Crippen molar-refractivity contribution in [2.24, 2.45) is 0 Å². The zero-order valence-electron chi connectivity index (χ0n) is 33.0. The third kappa shape index (κ3) is 7.27. The Kier molecular flexibility index (Phi) is 11.1. The zero-order valence-corrected chi connectivity index (χ0v) is 33.0. The number of ketones is 2. The fourth-order valence-corrected chi connectivity index (χ4v) is 8.64. The van der Waals surface area contributed by atoms with Gasteiger partial charge in [0.25, 0.3) is 0 Å². The molecule has 0 radical (unpaired) electrons. The van der Waals surface area contributed by atoms with Gasteiger partial charge in [0.05, 0.1) is 26.4 Å². The Morgan fingerprint density at radius 3 is 1.44 bits per heavy atom. The predicted molar refractivity (Wildman–Crippen MR) is 216 cm³/mol. The van der Waals surface area contributed by atoms with Gasteiger partial charge in [0.1, 0.15) is 36.9 Å². The first-order valence-corrected chi connectivity index (χ1v) is 19.3. The van der Waals surface area contributed by atoms with Gasteiger partial charge in [-0.2, -0.15) is 0 Å². The zero-order chi connectivity index (χ0) is 40.8. The number of hydrogen-bond donors (Lipinski definition) is 5. The molecule has 0 amide bonds. The second-order valence-electron chi connectivity index (χ2n) is 16.3. The molecule has 4 aliphatic carbocycles. The van der Waals surface area contributed by atoms with Crippen molar-refractivity contribution in [1.82, 2.24) is 0 Å². The molecule has 4 aromatic rings. The van der Waals surface area contributed by atoms with Crippen molar-refractivity contribution in [3.63, 3.8) is 0 Å². The summed E-state index contributed by atoms with van der Waals surface area (Å²) in [7, 11) is 1.68. The van der Waals surface area contributed by atoms with Crippen molar-refractivity contribution >= 4 is 22.7 Å². The molecule has 5 N–H and O–H groups in total. The molecule has 0 fully saturated rings. The van der Waals surface area contributed by atoms with Crippen molar-refractivity contribution in [2.75, 3.05) is 33.5 Å². The third-order valence-electron chi connectivity index (χ3n) is 11.8. The Morgan fingerprint density at radius 1 is 0.596 bits per heavy atom. The predicted octanol–water partition coefficient (Wildman–Crippen LogP) is 5.44. The summed E-state index contributed by atoms with van der Waals surface area (Å²) in [6.45, 7) is 8.32. The van der Waals surface area contributed by atoms with E-state index in [9.17, 15) is 24.9 Å². The average Bonchev–Trinajstić information content (AvgIpc) is 3.81. The number of carbonyl (C=O) groups excluding carboxylic acids is 2. The van der Waals surface area contributed by atoms with Crippen LogP contribution in [0.2, 0.25) is 0 Å². The summed E-state index contributed by atoms with van der Waals surface area (Å²) in [6, 6.07) is 22.8. The van der Waals surface area contributed by atoms with Crippen LogP contribution in [-0.2, 0) is 41.6 Å². The molecule has 0 aliphatic heterocycles. The SMILES string of the molecule is CC1(C)C2=C(C(=O)c3ccc(OC[C@H](O)CO)cc31)c1ccc(CO)cc1C2.COCc1ccc2c(c1)CC1=C2C(=O)c2ccc(OC[C@H](O)CO)cc2C1(C)C. The molecule has 4 aromatic carbocycles. The highest BCUT2D eigenvalue weighted by molar-refractivity contribution is 6.33. The van der Waals surface area contributed by atoms with Gasteiger partial charge in [0.2, 0.25) is 0 Å². The van der Waals surface area contributed by atoms with E-state index in [2.05, 4.69) is 33.8 Å². The summed E-state index contributed by atoms with van der Waals surface area (Å²) in [6.07, 6.45) is -0.440. The normalized spacial score (nSPS) is 17.7. The van der Waals surface area contributed by atoms with E-state index in [-0.39, 0.29) is 55.4 Å². The molecule has 0 saturated carbocycles. The lowest BCUT2D eigenvalue weighted by Crippen LogP contribution is -2.30. The van der Waals surface area contributed by atoms with Crippen molar-refractivity contribution in [3.05, 3.63) is 140 Å². The lowest BCUT2D eigenvalue weighted by molar-refractivity contribution is 0.0535. The van der Waals surface area contributed by atoms with Crippen LogP contribution in [0.15, 0.2) is 83.9 Å².